The number of aryl methyl sites for hydroxylation is 1. The number of benzene rings is 1. The van der Waals surface area contributed by atoms with Crippen LogP contribution in [0, 0.1) is 12.7 Å². The highest BCUT2D eigenvalue weighted by Gasteiger charge is 2.12. The molecule has 0 fully saturated rings. The summed E-state index contributed by atoms with van der Waals surface area (Å²) >= 11 is 0. The minimum Gasteiger partial charge on any atom is -0.294 e. The molecular formula is C15H17FO. The average Bonchev–Trinajstić information content (AvgIpc) is 2.34. The van der Waals surface area contributed by atoms with Gasteiger partial charge in [-0.2, -0.15) is 0 Å². The van der Waals surface area contributed by atoms with Gasteiger partial charge >= 0.3 is 0 Å². The first-order valence-electron chi connectivity index (χ1n) is 6.14. The van der Waals surface area contributed by atoms with Gasteiger partial charge in [0.25, 0.3) is 0 Å². The Hall–Kier alpha value is -1.44. The Labute approximate surface area is 101 Å². The van der Waals surface area contributed by atoms with Crippen molar-refractivity contribution in [2.75, 3.05) is 0 Å². The number of hydrogen-bond donors (Lipinski definition) is 0. The second kappa shape index (κ2) is 5.26. The lowest BCUT2D eigenvalue weighted by Crippen LogP contribution is -2.04. The number of carbonyl (C=O) groups is 1. The Balaban J connectivity index is 2.09. The molecule has 0 bridgehead atoms. The van der Waals surface area contributed by atoms with Crippen molar-refractivity contribution in [3.63, 3.8) is 0 Å². The monoisotopic (exact) mass is 232 g/mol. The number of hydrogen-bond acceptors (Lipinski definition) is 1. The van der Waals surface area contributed by atoms with Crippen LogP contribution in [0.5, 0.6) is 0 Å². The van der Waals surface area contributed by atoms with Crippen molar-refractivity contribution in [1.82, 2.24) is 0 Å². The van der Waals surface area contributed by atoms with Crippen LogP contribution in [0.25, 0.3) is 0 Å². The van der Waals surface area contributed by atoms with Crippen LogP contribution >= 0.6 is 0 Å². The largest absolute Gasteiger partial charge is 0.294 e. The summed E-state index contributed by atoms with van der Waals surface area (Å²) in [6, 6.07) is 4.59. The Morgan fingerprint density at radius 2 is 2.18 bits per heavy atom. The van der Waals surface area contributed by atoms with Crippen LogP contribution in [0.15, 0.2) is 29.8 Å². The van der Waals surface area contributed by atoms with E-state index in [4.69, 9.17) is 0 Å². The van der Waals surface area contributed by atoms with Crippen LogP contribution in [0.2, 0.25) is 0 Å². The van der Waals surface area contributed by atoms with E-state index in [1.807, 2.05) is 0 Å². The molecular weight excluding hydrogens is 215 g/mol. The zero-order valence-electron chi connectivity index (χ0n) is 10.1. The molecule has 1 aromatic carbocycles. The third-order valence-corrected chi connectivity index (χ3v) is 3.25. The molecule has 0 radical (unpaired) electrons. The van der Waals surface area contributed by atoms with E-state index in [0.29, 0.717) is 17.5 Å². The van der Waals surface area contributed by atoms with Crippen LogP contribution < -0.4 is 0 Å². The van der Waals surface area contributed by atoms with Gasteiger partial charge in [0.15, 0.2) is 5.78 Å². The van der Waals surface area contributed by atoms with E-state index < -0.39 is 0 Å². The maximum atomic E-state index is 13.1. The molecule has 0 amide bonds. The summed E-state index contributed by atoms with van der Waals surface area (Å²) in [4.78, 5) is 12.0. The number of Topliss-reactive ketones (excluding diaryl/α,β-unsaturated/α-hetero) is 1. The number of rotatable bonds is 3. The van der Waals surface area contributed by atoms with Crippen molar-refractivity contribution in [3.8, 4) is 0 Å². The lowest BCUT2D eigenvalue weighted by atomic mass is 9.93. The summed E-state index contributed by atoms with van der Waals surface area (Å²) in [7, 11) is 0. The second-order valence-corrected chi connectivity index (χ2v) is 4.67. The van der Waals surface area contributed by atoms with Gasteiger partial charge in [0, 0.05) is 12.0 Å². The van der Waals surface area contributed by atoms with Crippen LogP contribution in [0.3, 0.4) is 0 Å². The average molecular weight is 232 g/mol. The third-order valence-electron chi connectivity index (χ3n) is 3.25. The van der Waals surface area contributed by atoms with Crippen molar-refractivity contribution in [2.24, 2.45) is 0 Å². The molecule has 90 valence electrons. The fourth-order valence-corrected chi connectivity index (χ4v) is 2.19. The molecule has 0 saturated heterocycles. The maximum absolute atomic E-state index is 13.1. The summed E-state index contributed by atoms with van der Waals surface area (Å²) in [6.07, 6.45) is 7.20. The molecule has 1 aliphatic rings. The summed E-state index contributed by atoms with van der Waals surface area (Å²) in [5, 5.41) is 0. The van der Waals surface area contributed by atoms with Gasteiger partial charge in [0.1, 0.15) is 5.82 Å². The van der Waals surface area contributed by atoms with E-state index in [2.05, 4.69) is 6.08 Å². The number of carbonyl (C=O) groups excluding carboxylic acids is 1. The van der Waals surface area contributed by atoms with Crippen LogP contribution in [0.1, 0.15) is 48.0 Å². The van der Waals surface area contributed by atoms with Crippen molar-refractivity contribution in [1.29, 1.82) is 0 Å². The highest BCUT2D eigenvalue weighted by molar-refractivity contribution is 5.97. The molecule has 2 heteroatoms. The Morgan fingerprint density at radius 1 is 1.35 bits per heavy atom. The van der Waals surface area contributed by atoms with Gasteiger partial charge in [-0.15, -0.1) is 0 Å². The SMILES string of the molecule is Cc1cc(C(=O)CC2=CCCCC2)ccc1F. The first-order chi connectivity index (χ1) is 8.16. The minimum atomic E-state index is -0.251. The summed E-state index contributed by atoms with van der Waals surface area (Å²) < 4.78 is 13.1. The highest BCUT2D eigenvalue weighted by atomic mass is 19.1. The van der Waals surface area contributed by atoms with E-state index >= 15 is 0 Å². The van der Waals surface area contributed by atoms with Crippen LogP contribution in [0.4, 0.5) is 4.39 Å². The molecule has 0 heterocycles. The highest BCUT2D eigenvalue weighted by Crippen LogP contribution is 2.22. The maximum Gasteiger partial charge on any atom is 0.166 e. The normalized spacial score (nSPS) is 15.5. The van der Waals surface area contributed by atoms with Crippen molar-refractivity contribution in [3.05, 3.63) is 46.8 Å². The van der Waals surface area contributed by atoms with Gasteiger partial charge < -0.3 is 0 Å². The smallest absolute Gasteiger partial charge is 0.166 e. The molecule has 0 aliphatic heterocycles. The third kappa shape index (κ3) is 3.02. The first-order valence-corrected chi connectivity index (χ1v) is 6.14. The molecule has 0 atom stereocenters. The summed E-state index contributed by atoms with van der Waals surface area (Å²) in [5.74, 6) is -0.153. The van der Waals surface area contributed by atoms with Gasteiger partial charge in [0.2, 0.25) is 0 Å². The molecule has 1 nitrogen and oxygen atoms in total. The van der Waals surface area contributed by atoms with Gasteiger partial charge in [-0.25, -0.2) is 4.39 Å². The topological polar surface area (TPSA) is 17.1 Å². The van der Waals surface area contributed by atoms with Crippen LogP contribution in [-0.2, 0) is 0 Å². The lowest BCUT2D eigenvalue weighted by Gasteiger charge is -2.12. The Bertz CT molecular complexity index is 460. The van der Waals surface area contributed by atoms with Gasteiger partial charge in [-0.05, 0) is 56.4 Å². The van der Waals surface area contributed by atoms with E-state index in [9.17, 15) is 9.18 Å². The Morgan fingerprint density at radius 3 is 2.82 bits per heavy atom. The van der Waals surface area contributed by atoms with E-state index in [1.165, 1.54) is 24.5 Å². The molecule has 0 spiro atoms. The fraction of sp³-hybridized carbons (Fsp3) is 0.400. The van der Waals surface area contributed by atoms with E-state index in [1.54, 1.807) is 19.1 Å². The predicted molar refractivity (Wildman–Crippen MR) is 66.6 cm³/mol. The zero-order chi connectivity index (χ0) is 12.3. The number of ketones is 1. The summed E-state index contributed by atoms with van der Waals surface area (Å²) in [5.41, 5.74) is 2.40. The number of allylic oxidation sites excluding steroid dienone is 2. The molecule has 0 unspecified atom stereocenters. The Kier molecular flexibility index (Phi) is 3.72. The van der Waals surface area contributed by atoms with E-state index in [0.717, 1.165) is 12.8 Å². The lowest BCUT2D eigenvalue weighted by molar-refractivity contribution is 0.0991. The van der Waals surface area contributed by atoms with Gasteiger partial charge in [-0.1, -0.05) is 11.6 Å². The van der Waals surface area contributed by atoms with Crippen molar-refractivity contribution in [2.45, 2.75) is 39.0 Å². The zero-order valence-corrected chi connectivity index (χ0v) is 10.1. The van der Waals surface area contributed by atoms with E-state index in [-0.39, 0.29) is 11.6 Å². The fourth-order valence-electron chi connectivity index (χ4n) is 2.19. The second-order valence-electron chi connectivity index (χ2n) is 4.67. The molecule has 0 saturated carbocycles. The molecule has 2 rings (SSSR count). The standard InChI is InChI=1S/C15H17FO/c1-11-9-13(7-8-14(11)16)15(17)10-12-5-3-2-4-6-12/h5,7-9H,2-4,6,10H2,1H3. The minimum absolute atomic E-state index is 0.0984. The van der Waals surface area contributed by atoms with Crippen molar-refractivity contribution >= 4 is 5.78 Å². The van der Waals surface area contributed by atoms with Crippen LogP contribution in [-0.4, -0.2) is 5.78 Å². The predicted octanol–water partition coefficient (Wildman–Crippen LogP) is 4.21. The molecule has 0 aromatic heterocycles. The molecule has 1 aromatic rings. The first kappa shape index (κ1) is 12.0. The van der Waals surface area contributed by atoms with Gasteiger partial charge in [0.05, 0.1) is 0 Å². The summed E-state index contributed by atoms with van der Waals surface area (Å²) in [6.45, 7) is 1.69. The van der Waals surface area contributed by atoms with Gasteiger partial charge in [-0.3, -0.25) is 4.79 Å². The number of halogens is 1. The van der Waals surface area contributed by atoms with Crippen molar-refractivity contribution < 1.29 is 9.18 Å². The molecule has 0 N–H and O–H groups in total. The molecule has 17 heavy (non-hydrogen) atoms. The molecule has 1 aliphatic carbocycles. The quantitative estimate of drug-likeness (QED) is 0.563.